The van der Waals surface area contributed by atoms with Crippen LogP contribution in [-0.4, -0.2) is 22.5 Å². The number of nitrogens with one attached hydrogen (secondary N) is 2. The third-order valence-corrected chi connectivity index (χ3v) is 6.13. The standard InChI is InChI=1S/C25H20ClF2N3O/c26-17-5-10-22-21(13-17)20-11-12-31(25(32)29-14-15-1-6-18(27)7-2-15)24(23(20)30-22)16-3-8-19(28)9-4-16/h1-10,13,24,30H,11-12,14H2,(H,29,32)/t24-/m0/s1. The van der Waals surface area contributed by atoms with Crippen LogP contribution in [0.3, 0.4) is 0 Å². The smallest absolute Gasteiger partial charge is 0.318 e. The van der Waals surface area contributed by atoms with Crippen molar-refractivity contribution in [1.29, 1.82) is 0 Å². The Hall–Kier alpha value is -3.38. The monoisotopic (exact) mass is 451 g/mol. The molecule has 1 aliphatic heterocycles. The van der Waals surface area contributed by atoms with Gasteiger partial charge in [0.1, 0.15) is 11.6 Å². The molecule has 0 radical (unpaired) electrons. The molecule has 1 atom stereocenters. The molecule has 2 N–H and O–H groups in total. The second kappa shape index (κ2) is 8.28. The minimum atomic E-state index is -0.404. The van der Waals surface area contributed by atoms with Gasteiger partial charge in [0.2, 0.25) is 0 Å². The van der Waals surface area contributed by atoms with Crippen molar-refractivity contribution < 1.29 is 13.6 Å². The van der Waals surface area contributed by atoms with Gasteiger partial charge in [0, 0.05) is 34.7 Å². The summed E-state index contributed by atoms with van der Waals surface area (Å²) in [5.74, 6) is -0.653. The highest BCUT2D eigenvalue weighted by molar-refractivity contribution is 6.31. The molecule has 0 saturated heterocycles. The molecule has 0 unspecified atom stereocenters. The summed E-state index contributed by atoms with van der Waals surface area (Å²) in [6.07, 6.45) is 0.664. The highest BCUT2D eigenvalue weighted by Gasteiger charge is 2.34. The maximum atomic E-state index is 13.6. The average molecular weight is 452 g/mol. The van der Waals surface area contributed by atoms with Crippen LogP contribution >= 0.6 is 11.6 Å². The average Bonchev–Trinajstić information content (AvgIpc) is 3.16. The quantitative estimate of drug-likeness (QED) is 0.397. The van der Waals surface area contributed by atoms with Crippen molar-refractivity contribution in [1.82, 2.24) is 15.2 Å². The van der Waals surface area contributed by atoms with E-state index < -0.39 is 6.04 Å². The van der Waals surface area contributed by atoms with Gasteiger partial charge >= 0.3 is 6.03 Å². The van der Waals surface area contributed by atoms with Crippen LogP contribution in [0.2, 0.25) is 5.02 Å². The molecule has 2 amide bonds. The number of carbonyl (C=O) groups excluding carboxylic acids is 1. The molecular weight excluding hydrogens is 432 g/mol. The molecule has 0 saturated carbocycles. The predicted molar refractivity (Wildman–Crippen MR) is 121 cm³/mol. The number of fused-ring (bicyclic) bond motifs is 3. The fourth-order valence-electron chi connectivity index (χ4n) is 4.35. The Morgan fingerprint density at radius 1 is 1.03 bits per heavy atom. The number of amides is 2. The van der Waals surface area contributed by atoms with E-state index >= 15 is 0 Å². The zero-order valence-electron chi connectivity index (χ0n) is 17.0. The van der Waals surface area contributed by atoms with Crippen molar-refractivity contribution in [2.24, 2.45) is 0 Å². The lowest BCUT2D eigenvalue weighted by Crippen LogP contribution is -2.45. The van der Waals surface area contributed by atoms with E-state index in [0.717, 1.165) is 33.3 Å². The van der Waals surface area contributed by atoms with Crippen molar-refractivity contribution >= 4 is 28.5 Å². The van der Waals surface area contributed by atoms with Crippen LogP contribution in [-0.2, 0) is 13.0 Å². The number of aromatic nitrogens is 1. The van der Waals surface area contributed by atoms with E-state index in [1.165, 1.54) is 24.3 Å². The topological polar surface area (TPSA) is 48.1 Å². The molecule has 1 aromatic heterocycles. The molecule has 0 aliphatic carbocycles. The highest BCUT2D eigenvalue weighted by Crippen LogP contribution is 2.39. The van der Waals surface area contributed by atoms with Crippen molar-refractivity contribution in [3.8, 4) is 0 Å². The summed E-state index contributed by atoms with van der Waals surface area (Å²) >= 11 is 6.22. The lowest BCUT2D eigenvalue weighted by molar-refractivity contribution is 0.179. The van der Waals surface area contributed by atoms with Gasteiger partial charge in [-0.3, -0.25) is 0 Å². The minimum absolute atomic E-state index is 0.244. The Morgan fingerprint density at radius 2 is 1.72 bits per heavy atom. The lowest BCUT2D eigenvalue weighted by Gasteiger charge is -2.36. The van der Waals surface area contributed by atoms with Crippen LogP contribution in [0.4, 0.5) is 13.6 Å². The molecule has 162 valence electrons. The predicted octanol–water partition coefficient (Wildman–Crippen LogP) is 5.96. The molecule has 7 heteroatoms. The van der Waals surface area contributed by atoms with Gasteiger partial charge in [0.15, 0.2) is 0 Å². The summed E-state index contributed by atoms with van der Waals surface area (Å²) in [5, 5.41) is 4.61. The number of carbonyl (C=O) groups is 1. The van der Waals surface area contributed by atoms with Gasteiger partial charge in [-0.15, -0.1) is 0 Å². The molecule has 0 bridgehead atoms. The van der Waals surface area contributed by atoms with Crippen LogP contribution in [0.5, 0.6) is 0 Å². The molecule has 0 fully saturated rings. The molecule has 2 heterocycles. The maximum absolute atomic E-state index is 13.6. The van der Waals surface area contributed by atoms with Gasteiger partial charge in [0.25, 0.3) is 0 Å². The van der Waals surface area contributed by atoms with Crippen LogP contribution in [0.25, 0.3) is 10.9 Å². The summed E-state index contributed by atoms with van der Waals surface area (Å²) in [6.45, 7) is 0.769. The van der Waals surface area contributed by atoms with E-state index in [1.54, 1.807) is 29.2 Å². The zero-order valence-corrected chi connectivity index (χ0v) is 17.8. The minimum Gasteiger partial charge on any atom is -0.356 e. The molecule has 4 aromatic rings. The molecule has 4 nitrogen and oxygen atoms in total. The van der Waals surface area contributed by atoms with E-state index in [4.69, 9.17) is 11.6 Å². The first-order valence-corrected chi connectivity index (χ1v) is 10.7. The second-order valence-corrected chi connectivity index (χ2v) is 8.33. The van der Waals surface area contributed by atoms with Crippen molar-refractivity contribution in [2.75, 3.05) is 6.54 Å². The Kier molecular flexibility index (Phi) is 5.31. The zero-order chi connectivity index (χ0) is 22.2. The molecule has 1 aliphatic rings. The molecule has 5 rings (SSSR count). The van der Waals surface area contributed by atoms with Crippen LogP contribution in [0, 0.1) is 11.6 Å². The first kappa shape index (κ1) is 20.5. The van der Waals surface area contributed by atoms with Crippen molar-refractivity contribution in [2.45, 2.75) is 19.0 Å². The number of urea groups is 1. The van der Waals surface area contributed by atoms with Crippen LogP contribution in [0.15, 0.2) is 66.7 Å². The molecule has 32 heavy (non-hydrogen) atoms. The van der Waals surface area contributed by atoms with Crippen molar-refractivity contribution in [3.05, 3.63) is 106 Å². The van der Waals surface area contributed by atoms with Crippen molar-refractivity contribution in [3.63, 3.8) is 0 Å². The summed E-state index contributed by atoms with van der Waals surface area (Å²) in [5.41, 5.74) is 4.56. The first-order chi connectivity index (χ1) is 15.5. The summed E-state index contributed by atoms with van der Waals surface area (Å²) < 4.78 is 26.8. The van der Waals surface area contributed by atoms with Gasteiger partial charge in [-0.05, 0) is 65.6 Å². The first-order valence-electron chi connectivity index (χ1n) is 10.3. The summed E-state index contributed by atoms with van der Waals surface area (Å²) in [4.78, 5) is 18.4. The number of benzene rings is 3. The number of H-pyrrole nitrogens is 1. The second-order valence-electron chi connectivity index (χ2n) is 7.89. The number of halogens is 3. The number of nitrogens with zero attached hydrogens (tertiary/aromatic N) is 1. The molecular formula is C25H20ClF2N3O. The SMILES string of the molecule is O=C(NCc1ccc(F)cc1)N1CCc2c([nH]c3ccc(Cl)cc23)[C@@H]1c1ccc(F)cc1. The normalized spacial score (nSPS) is 15.6. The van der Waals surface area contributed by atoms with Gasteiger partial charge in [-0.2, -0.15) is 0 Å². The van der Waals surface area contributed by atoms with Crippen LogP contribution in [0.1, 0.15) is 28.4 Å². The number of rotatable bonds is 3. The Bertz CT molecular complexity index is 1290. The van der Waals surface area contributed by atoms with Crippen LogP contribution < -0.4 is 5.32 Å². The highest BCUT2D eigenvalue weighted by atomic mass is 35.5. The van der Waals surface area contributed by atoms with Gasteiger partial charge < -0.3 is 15.2 Å². The third kappa shape index (κ3) is 3.82. The van der Waals surface area contributed by atoms with Gasteiger partial charge in [-0.1, -0.05) is 35.9 Å². The number of hydrogen-bond acceptors (Lipinski definition) is 1. The summed E-state index contributed by atoms with van der Waals surface area (Å²) in [6, 6.07) is 17.3. The van der Waals surface area contributed by atoms with E-state index in [1.807, 2.05) is 18.2 Å². The van der Waals surface area contributed by atoms with Gasteiger partial charge in [-0.25, -0.2) is 13.6 Å². The molecule has 0 spiro atoms. The van der Waals surface area contributed by atoms with Gasteiger partial charge in [0.05, 0.1) is 6.04 Å². The van der Waals surface area contributed by atoms with E-state index in [2.05, 4.69) is 10.3 Å². The summed E-state index contributed by atoms with van der Waals surface area (Å²) in [7, 11) is 0. The maximum Gasteiger partial charge on any atom is 0.318 e. The van der Waals surface area contributed by atoms with E-state index in [0.29, 0.717) is 18.0 Å². The largest absolute Gasteiger partial charge is 0.356 e. The number of hydrogen-bond donors (Lipinski definition) is 2. The van der Waals surface area contributed by atoms with E-state index in [-0.39, 0.29) is 24.2 Å². The Morgan fingerprint density at radius 3 is 2.44 bits per heavy atom. The number of aromatic amines is 1. The third-order valence-electron chi connectivity index (χ3n) is 5.89. The molecule has 3 aromatic carbocycles. The lowest BCUT2D eigenvalue weighted by atomic mass is 9.92. The fraction of sp³-hybridized carbons (Fsp3) is 0.160. The Balaban J connectivity index is 1.50. The van der Waals surface area contributed by atoms with E-state index in [9.17, 15) is 13.6 Å². The fourth-order valence-corrected chi connectivity index (χ4v) is 4.52. The Labute approximate surface area is 188 Å².